The molecule has 0 saturated carbocycles. The van der Waals surface area contributed by atoms with Gasteiger partial charge in [-0.15, -0.1) is 10.2 Å². The Morgan fingerprint density at radius 3 is 2.89 bits per heavy atom. The number of nitrogens with zero attached hydrogens (tertiary/aromatic N) is 2. The lowest BCUT2D eigenvalue weighted by Crippen LogP contribution is -2.08. The zero-order valence-electron chi connectivity index (χ0n) is 9.91. The predicted molar refractivity (Wildman–Crippen MR) is 72.0 cm³/mol. The molecule has 0 aliphatic rings. The van der Waals surface area contributed by atoms with Gasteiger partial charge in [0.2, 0.25) is 11.8 Å². The van der Waals surface area contributed by atoms with E-state index in [2.05, 4.69) is 15.5 Å². The Labute approximate surface area is 115 Å². The average Bonchev–Trinajstić information content (AvgIpc) is 2.82. The molecule has 0 radical (unpaired) electrons. The molecular weight excluding hydrogens is 273 g/mol. The van der Waals surface area contributed by atoms with Crippen molar-refractivity contribution in [1.29, 1.82) is 0 Å². The van der Waals surface area contributed by atoms with Crippen molar-refractivity contribution in [2.45, 2.75) is 12.8 Å². The normalized spacial score (nSPS) is 10.8. The van der Waals surface area contributed by atoms with Crippen molar-refractivity contribution in [3.63, 3.8) is 0 Å². The Bertz CT molecular complexity index is 528. The molecule has 0 bridgehead atoms. The van der Waals surface area contributed by atoms with Gasteiger partial charge in [0.1, 0.15) is 0 Å². The van der Waals surface area contributed by atoms with Crippen LogP contribution in [-0.4, -0.2) is 23.8 Å². The number of aryl methyl sites for hydroxylation is 1. The summed E-state index contributed by atoms with van der Waals surface area (Å²) < 4.78 is 5.56. The second-order valence-electron chi connectivity index (χ2n) is 3.81. The highest BCUT2D eigenvalue weighted by molar-refractivity contribution is 6.43. The summed E-state index contributed by atoms with van der Waals surface area (Å²) in [4.78, 5) is 0. The molecule has 2 rings (SSSR count). The number of hydrogen-bond acceptors (Lipinski definition) is 4. The minimum atomic E-state index is 0.405. The zero-order valence-corrected chi connectivity index (χ0v) is 11.4. The molecule has 1 aromatic carbocycles. The largest absolute Gasteiger partial charge is 0.421 e. The van der Waals surface area contributed by atoms with Crippen molar-refractivity contribution in [1.82, 2.24) is 15.5 Å². The van der Waals surface area contributed by atoms with Crippen molar-refractivity contribution >= 4 is 23.2 Å². The Morgan fingerprint density at radius 2 is 2.11 bits per heavy atom. The predicted octanol–water partition coefficient (Wildman–Crippen LogP) is 3.20. The van der Waals surface area contributed by atoms with Gasteiger partial charge in [0.15, 0.2) is 0 Å². The minimum Gasteiger partial charge on any atom is -0.421 e. The van der Waals surface area contributed by atoms with Gasteiger partial charge in [-0.25, -0.2) is 0 Å². The maximum Gasteiger partial charge on any atom is 0.249 e. The number of aromatic nitrogens is 2. The number of nitrogens with one attached hydrogen (secondary N) is 1. The van der Waals surface area contributed by atoms with Crippen LogP contribution in [0.5, 0.6) is 0 Å². The van der Waals surface area contributed by atoms with Crippen molar-refractivity contribution in [3.8, 4) is 11.5 Å². The summed E-state index contributed by atoms with van der Waals surface area (Å²) in [6.45, 7) is 0.912. The summed E-state index contributed by atoms with van der Waals surface area (Å²) in [6, 6.07) is 5.32. The third-order valence-electron chi connectivity index (χ3n) is 2.47. The highest BCUT2D eigenvalue weighted by Gasteiger charge is 2.13. The summed E-state index contributed by atoms with van der Waals surface area (Å²) >= 11 is 12.0. The fraction of sp³-hybridized carbons (Fsp3) is 0.333. The van der Waals surface area contributed by atoms with E-state index in [0.29, 0.717) is 27.4 Å². The van der Waals surface area contributed by atoms with E-state index in [0.717, 1.165) is 19.4 Å². The minimum absolute atomic E-state index is 0.405. The highest BCUT2D eigenvalue weighted by Crippen LogP contribution is 2.32. The first kappa shape index (κ1) is 13.3. The molecule has 0 saturated heterocycles. The lowest BCUT2D eigenvalue weighted by molar-refractivity contribution is 0.495. The maximum atomic E-state index is 6.09. The van der Waals surface area contributed by atoms with E-state index in [1.807, 2.05) is 7.05 Å². The van der Waals surface area contributed by atoms with Gasteiger partial charge >= 0.3 is 0 Å². The lowest BCUT2D eigenvalue weighted by Gasteiger charge is -2.00. The van der Waals surface area contributed by atoms with E-state index in [9.17, 15) is 0 Å². The molecule has 0 atom stereocenters. The molecule has 0 aliphatic heterocycles. The summed E-state index contributed by atoms with van der Waals surface area (Å²) in [5, 5.41) is 12.0. The Kier molecular flexibility index (Phi) is 4.58. The third-order valence-corrected chi connectivity index (χ3v) is 3.29. The highest BCUT2D eigenvalue weighted by atomic mass is 35.5. The van der Waals surface area contributed by atoms with E-state index < -0.39 is 0 Å². The van der Waals surface area contributed by atoms with Gasteiger partial charge in [-0.2, -0.15) is 0 Å². The van der Waals surface area contributed by atoms with Crippen molar-refractivity contribution in [3.05, 3.63) is 34.1 Å². The monoisotopic (exact) mass is 285 g/mol. The van der Waals surface area contributed by atoms with E-state index >= 15 is 0 Å². The SMILES string of the molecule is CNCCCc1nnc(-c2cccc(Cl)c2Cl)o1. The van der Waals surface area contributed by atoms with Gasteiger partial charge in [-0.1, -0.05) is 29.3 Å². The summed E-state index contributed by atoms with van der Waals surface area (Å²) in [7, 11) is 1.91. The van der Waals surface area contributed by atoms with Crippen molar-refractivity contribution < 1.29 is 4.42 Å². The molecule has 2 aromatic rings. The molecular formula is C12H13Cl2N3O. The standard InChI is InChI=1S/C12H13Cl2N3O/c1-15-7-3-6-10-16-17-12(18-10)8-4-2-5-9(13)11(8)14/h2,4-5,15H,3,6-7H2,1H3. The smallest absolute Gasteiger partial charge is 0.249 e. The zero-order chi connectivity index (χ0) is 13.0. The van der Waals surface area contributed by atoms with Crippen LogP contribution in [0.25, 0.3) is 11.5 Å². The topological polar surface area (TPSA) is 51.0 Å². The quantitative estimate of drug-likeness (QED) is 0.858. The van der Waals surface area contributed by atoms with Gasteiger partial charge < -0.3 is 9.73 Å². The summed E-state index contributed by atoms with van der Waals surface area (Å²) in [6.07, 6.45) is 1.69. The molecule has 6 heteroatoms. The second-order valence-corrected chi connectivity index (χ2v) is 4.59. The molecule has 1 aromatic heterocycles. The van der Waals surface area contributed by atoms with Gasteiger partial charge in [0.25, 0.3) is 0 Å². The van der Waals surface area contributed by atoms with Gasteiger partial charge in [-0.05, 0) is 32.1 Å². The molecule has 96 valence electrons. The van der Waals surface area contributed by atoms with Crippen molar-refractivity contribution in [2.75, 3.05) is 13.6 Å². The number of hydrogen-bond donors (Lipinski definition) is 1. The van der Waals surface area contributed by atoms with Gasteiger partial charge in [0, 0.05) is 6.42 Å². The van der Waals surface area contributed by atoms with Crippen LogP contribution in [-0.2, 0) is 6.42 Å². The third kappa shape index (κ3) is 3.02. The molecule has 0 amide bonds. The first-order valence-corrected chi connectivity index (χ1v) is 6.39. The summed E-state index contributed by atoms with van der Waals surface area (Å²) in [5.41, 5.74) is 0.663. The average molecular weight is 286 g/mol. The molecule has 1 N–H and O–H groups in total. The molecule has 0 aliphatic carbocycles. The first-order valence-electron chi connectivity index (χ1n) is 5.63. The van der Waals surface area contributed by atoms with Crippen LogP contribution in [0.2, 0.25) is 10.0 Å². The van der Waals surface area contributed by atoms with Gasteiger partial charge in [-0.3, -0.25) is 0 Å². The van der Waals surface area contributed by atoms with E-state index in [1.165, 1.54) is 0 Å². The van der Waals surface area contributed by atoms with E-state index in [-0.39, 0.29) is 0 Å². The lowest BCUT2D eigenvalue weighted by atomic mass is 10.2. The van der Waals surface area contributed by atoms with Crippen molar-refractivity contribution in [2.24, 2.45) is 0 Å². The Hall–Kier alpha value is -1.10. The summed E-state index contributed by atoms with van der Waals surface area (Å²) in [5.74, 6) is 1.01. The molecule has 1 heterocycles. The van der Waals surface area contributed by atoms with Crippen LogP contribution in [0, 0.1) is 0 Å². The van der Waals surface area contributed by atoms with Crippen LogP contribution in [0.15, 0.2) is 22.6 Å². The van der Waals surface area contributed by atoms with Gasteiger partial charge in [0.05, 0.1) is 15.6 Å². The molecule has 18 heavy (non-hydrogen) atoms. The number of benzene rings is 1. The van der Waals surface area contributed by atoms with Crippen LogP contribution in [0.4, 0.5) is 0 Å². The number of halogens is 2. The van der Waals surface area contributed by atoms with E-state index in [1.54, 1.807) is 18.2 Å². The Morgan fingerprint density at radius 1 is 1.28 bits per heavy atom. The Balaban J connectivity index is 2.16. The number of rotatable bonds is 5. The molecule has 4 nitrogen and oxygen atoms in total. The maximum absolute atomic E-state index is 6.09. The molecule has 0 unspecified atom stereocenters. The fourth-order valence-electron chi connectivity index (χ4n) is 1.55. The van der Waals surface area contributed by atoms with Crippen LogP contribution >= 0.6 is 23.2 Å². The molecule has 0 fully saturated rings. The molecule has 0 spiro atoms. The fourth-order valence-corrected chi connectivity index (χ4v) is 1.93. The van der Waals surface area contributed by atoms with Crippen LogP contribution in [0.1, 0.15) is 12.3 Å². The van der Waals surface area contributed by atoms with Crippen LogP contribution in [0.3, 0.4) is 0 Å². The van der Waals surface area contributed by atoms with Crippen LogP contribution < -0.4 is 5.32 Å². The second kappa shape index (κ2) is 6.18. The van der Waals surface area contributed by atoms with E-state index in [4.69, 9.17) is 27.6 Å². The first-order chi connectivity index (χ1) is 8.72.